The van der Waals surface area contributed by atoms with Gasteiger partial charge in [0.25, 0.3) is 0 Å². The predicted molar refractivity (Wildman–Crippen MR) is 64.8 cm³/mol. The second-order valence-electron chi connectivity index (χ2n) is 3.74. The monoisotopic (exact) mass is 288 g/mol. The summed E-state index contributed by atoms with van der Waals surface area (Å²) in [5, 5.41) is 0. The number of methoxy groups -OCH3 is 2. The van der Waals surface area contributed by atoms with Crippen molar-refractivity contribution in [3.63, 3.8) is 0 Å². The maximum Gasteiger partial charge on any atom is 0.387 e. The highest BCUT2D eigenvalue weighted by atomic mass is 19.3. The third-order valence-corrected chi connectivity index (χ3v) is 2.53. The fourth-order valence-electron chi connectivity index (χ4n) is 1.62. The Morgan fingerprint density at radius 1 is 1.20 bits per heavy atom. The van der Waals surface area contributed by atoms with Gasteiger partial charge in [0.05, 0.1) is 14.2 Å². The van der Waals surface area contributed by atoms with E-state index in [1.54, 1.807) is 0 Å². The second kappa shape index (κ2) is 7.42. The highest BCUT2D eigenvalue weighted by Crippen LogP contribution is 2.27. The molecule has 0 spiro atoms. The largest absolute Gasteiger partial charge is 0.469 e. The van der Waals surface area contributed by atoms with Gasteiger partial charge in [0.2, 0.25) is 0 Å². The lowest BCUT2D eigenvalue weighted by Gasteiger charge is -2.13. The summed E-state index contributed by atoms with van der Waals surface area (Å²) in [7, 11) is 2.36. The minimum absolute atomic E-state index is 0.0132. The average Bonchev–Trinajstić information content (AvgIpc) is 2.44. The van der Waals surface area contributed by atoms with E-state index in [9.17, 15) is 18.4 Å². The Hall–Kier alpha value is -2.18. The molecule has 0 bridgehead atoms. The number of benzene rings is 1. The first kappa shape index (κ1) is 15.9. The van der Waals surface area contributed by atoms with Crippen LogP contribution in [0.1, 0.15) is 22.3 Å². The normalized spacial score (nSPS) is 10.2. The Balaban J connectivity index is 3.08. The van der Waals surface area contributed by atoms with Crippen molar-refractivity contribution in [2.45, 2.75) is 19.5 Å². The number of carbonyl (C=O) groups is 2. The lowest BCUT2D eigenvalue weighted by atomic mass is 10.0. The molecule has 0 aromatic heterocycles. The Bertz CT molecular complexity index is 488. The number of aryl methyl sites for hydroxylation is 1. The number of hydrogen-bond acceptors (Lipinski definition) is 5. The Morgan fingerprint density at radius 3 is 2.45 bits per heavy atom. The molecule has 0 amide bonds. The molecule has 0 heterocycles. The number of carbonyl (C=O) groups excluding carboxylic acids is 2. The minimum Gasteiger partial charge on any atom is -0.469 e. The van der Waals surface area contributed by atoms with Gasteiger partial charge in [0, 0.05) is 6.42 Å². The highest BCUT2D eigenvalue weighted by molar-refractivity contribution is 5.93. The van der Waals surface area contributed by atoms with Gasteiger partial charge >= 0.3 is 18.6 Å². The number of hydrogen-bond donors (Lipinski definition) is 0. The molecule has 5 nitrogen and oxygen atoms in total. The van der Waals surface area contributed by atoms with E-state index in [0.29, 0.717) is 5.56 Å². The van der Waals surface area contributed by atoms with Crippen molar-refractivity contribution in [1.82, 2.24) is 0 Å². The molecule has 0 atom stereocenters. The molecular formula is C13H14F2O5. The summed E-state index contributed by atoms with van der Waals surface area (Å²) in [5.74, 6) is -1.56. The fourth-order valence-corrected chi connectivity index (χ4v) is 1.62. The number of ether oxygens (including phenoxy) is 3. The van der Waals surface area contributed by atoms with Crippen molar-refractivity contribution in [1.29, 1.82) is 0 Å². The van der Waals surface area contributed by atoms with Crippen molar-refractivity contribution in [2.75, 3.05) is 14.2 Å². The summed E-state index contributed by atoms with van der Waals surface area (Å²) in [6.07, 6.45) is 0.0975. The average molecular weight is 288 g/mol. The van der Waals surface area contributed by atoms with Crippen LogP contribution in [0, 0.1) is 0 Å². The van der Waals surface area contributed by atoms with E-state index >= 15 is 0 Å². The third kappa shape index (κ3) is 4.18. The van der Waals surface area contributed by atoms with E-state index in [1.807, 2.05) is 0 Å². The van der Waals surface area contributed by atoms with Gasteiger partial charge in [-0.2, -0.15) is 8.78 Å². The molecule has 7 heteroatoms. The van der Waals surface area contributed by atoms with Crippen molar-refractivity contribution >= 4 is 11.9 Å². The van der Waals surface area contributed by atoms with Crippen LogP contribution in [0.3, 0.4) is 0 Å². The molecule has 0 aliphatic rings. The molecule has 0 saturated heterocycles. The number of rotatable bonds is 6. The highest BCUT2D eigenvalue weighted by Gasteiger charge is 2.20. The predicted octanol–water partition coefficient (Wildman–Crippen LogP) is 2.18. The summed E-state index contributed by atoms with van der Waals surface area (Å²) in [4.78, 5) is 22.6. The van der Waals surface area contributed by atoms with Gasteiger partial charge in [-0.1, -0.05) is 12.1 Å². The molecule has 1 rings (SSSR count). The van der Waals surface area contributed by atoms with Crippen LogP contribution in [-0.4, -0.2) is 32.8 Å². The van der Waals surface area contributed by atoms with Crippen molar-refractivity contribution in [2.24, 2.45) is 0 Å². The molecule has 1 aromatic rings. The first-order chi connectivity index (χ1) is 9.49. The van der Waals surface area contributed by atoms with E-state index < -0.39 is 18.6 Å². The summed E-state index contributed by atoms with van der Waals surface area (Å²) >= 11 is 0. The minimum atomic E-state index is -3.09. The lowest BCUT2D eigenvalue weighted by Crippen LogP contribution is -2.12. The Labute approximate surface area is 114 Å². The van der Waals surface area contributed by atoms with Gasteiger partial charge in [-0.05, 0) is 18.1 Å². The topological polar surface area (TPSA) is 61.8 Å². The van der Waals surface area contributed by atoms with Gasteiger partial charge < -0.3 is 14.2 Å². The van der Waals surface area contributed by atoms with Crippen LogP contribution >= 0.6 is 0 Å². The fraction of sp³-hybridized carbons (Fsp3) is 0.385. The summed E-state index contributed by atoms with van der Waals surface area (Å²) in [5.41, 5.74) is 0.189. The van der Waals surface area contributed by atoms with Crippen LogP contribution in [0.25, 0.3) is 0 Å². The van der Waals surface area contributed by atoms with Gasteiger partial charge in [-0.3, -0.25) is 4.79 Å². The molecule has 0 radical (unpaired) electrons. The lowest BCUT2D eigenvalue weighted by molar-refractivity contribution is -0.140. The maximum absolute atomic E-state index is 12.4. The van der Waals surface area contributed by atoms with E-state index in [1.165, 1.54) is 25.3 Å². The van der Waals surface area contributed by atoms with Crippen molar-refractivity contribution in [3.8, 4) is 5.75 Å². The zero-order chi connectivity index (χ0) is 15.1. The van der Waals surface area contributed by atoms with E-state index in [0.717, 1.165) is 7.11 Å². The molecule has 0 fully saturated rings. The molecular weight excluding hydrogens is 274 g/mol. The number of halogens is 2. The van der Waals surface area contributed by atoms with Crippen LogP contribution in [0.5, 0.6) is 5.75 Å². The zero-order valence-corrected chi connectivity index (χ0v) is 11.0. The molecule has 1 aromatic carbocycles. The van der Waals surface area contributed by atoms with Crippen molar-refractivity contribution < 1.29 is 32.6 Å². The quantitative estimate of drug-likeness (QED) is 0.751. The number of alkyl halides is 2. The molecule has 0 saturated carbocycles. The molecule has 110 valence electrons. The second-order valence-corrected chi connectivity index (χ2v) is 3.74. The standard InChI is InChI=1S/C13H14F2O5/c1-18-10(16)7-6-8-4-3-5-9(12(17)19-2)11(8)20-13(14)15/h3-5,13H,6-7H2,1-2H3. The van der Waals surface area contributed by atoms with Gasteiger partial charge in [-0.15, -0.1) is 0 Å². The summed E-state index contributed by atoms with van der Waals surface area (Å²) < 4.78 is 38.3. The molecule has 0 aliphatic heterocycles. The van der Waals surface area contributed by atoms with Gasteiger partial charge in [0.1, 0.15) is 11.3 Å². The van der Waals surface area contributed by atoms with Crippen LogP contribution in [0.4, 0.5) is 8.78 Å². The van der Waals surface area contributed by atoms with E-state index in [4.69, 9.17) is 0 Å². The zero-order valence-electron chi connectivity index (χ0n) is 11.0. The van der Waals surface area contributed by atoms with Crippen molar-refractivity contribution in [3.05, 3.63) is 29.3 Å². The van der Waals surface area contributed by atoms with Crippen LogP contribution < -0.4 is 4.74 Å². The molecule has 0 unspecified atom stereocenters. The van der Waals surface area contributed by atoms with Gasteiger partial charge in [-0.25, -0.2) is 4.79 Å². The third-order valence-electron chi connectivity index (χ3n) is 2.53. The first-order valence-electron chi connectivity index (χ1n) is 5.71. The number of para-hydroxylation sites is 1. The summed E-state index contributed by atoms with van der Waals surface area (Å²) in [6, 6.07) is 4.30. The Kier molecular flexibility index (Phi) is 5.89. The number of esters is 2. The Morgan fingerprint density at radius 2 is 1.90 bits per heavy atom. The SMILES string of the molecule is COC(=O)CCc1cccc(C(=O)OC)c1OC(F)F. The van der Waals surface area contributed by atoms with Crippen LogP contribution in [0.15, 0.2) is 18.2 Å². The maximum atomic E-state index is 12.4. The molecule has 20 heavy (non-hydrogen) atoms. The van der Waals surface area contributed by atoms with Gasteiger partial charge in [0.15, 0.2) is 0 Å². The van der Waals surface area contributed by atoms with E-state index in [2.05, 4.69) is 14.2 Å². The molecule has 0 N–H and O–H groups in total. The molecule has 0 aliphatic carbocycles. The summed E-state index contributed by atoms with van der Waals surface area (Å²) in [6.45, 7) is -3.09. The van der Waals surface area contributed by atoms with Crippen LogP contribution in [0.2, 0.25) is 0 Å². The van der Waals surface area contributed by atoms with Crippen LogP contribution in [-0.2, 0) is 20.7 Å². The first-order valence-corrected chi connectivity index (χ1v) is 5.71. The van der Waals surface area contributed by atoms with E-state index in [-0.39, 0.29) is 24.2 Å². The smallest absolute Gasteiger partial charge is 0.387 e.